The lowest BCUT2D eigenvalue weighted by Crippen LogP contribution is -2.30. The summed E-state index contributed by atoms with van der Waals surface area (Å²) in [7, 11) is 0. The molecule has 6 nitrogen and oxygen atoms in total. The lowest BCUT2D eigenvalue weighted by atomic mass is 10.0. The van der Waals surface area contributed by atoms with Crippen molar-refractivity contribution in [3.63, 3.8) is 0 Å². The van der Waals surface area contributed by atoms with E-state index < -0.39 is 6.10 Å². The van der Waals surface area contributed by atoms with Gasteiger partial charge in [-0.05, 0) is 116 Å². The van der Waals surface area contributed by atoms with Gasteiger partial charge in [-0.2, -0.15) is 0 Å². The Morgan fingerprint density at radius 3 is 0.775 bits per heavy atom. The molecule has 0 aromatic carbocycles. The van der Waals surface area contributed by atoms with Crippen molar-refractivity contribution in [2.45, 2.75) is 354 Å². The van der Waals surface area contributed by atoms with E-state index in [1.807, 2.05) is 0 Å². The van der Waals surface area contributed by atoms with Crippen molar-refractivity contribution < 1.29 is 28.6 Å². The summed E-state index contributed by atoms with van der Waals surface area (Å²) in [5.74, 6) is -0.886. The van der Waals surface area contributed by atoms with Gasteiger partial charge in [-0.25, -0.2) is 0 Å². The first-order chi connectivity index (χ1) is 39.5. The molecule has 0 spiro atoms. The van der Waals surface area contributed by atoms with Crippen molar-refractivity contribution in [1.82, 2.24) is 0 Å². The molecule has 0 rings (SSSR count). The predicted molar refractivity (Wildman–Crippen MR) is 348 cm³/mol. The Balaban J connectivity index is 4.33. The minimum atomic E-state index is -0.788. The number of hydrogen-bond acceptors (Lipinski definition) is 6. The quantitative estimate of drug-likeness (QED) is 0.0261. The highest BCUT2D eigenvalue weighted by atomic mass is 16.6. The molecule has 0 heterocycles. The van der Waals surface area contributed by atoms with Gasteiger partial charge in [-0.1, -0.05) is 298 Å². The molecule has 0 saturated heterocycles. The molecule has 0 aromatic heterocycles. The van der Waals surface area contributed by atoms with E-state index in [2.05, 4.69) is 106 Å². The fraction of sp³-hybridized carbons (Fsp3) is 0.770. The summed E-state index contributed by atoms with van der Waals surface area (Å²) in [5.41, 5.74) is 0. The molecule has 0 bridgehead atoms. The maximum atomic E-state index is 12.9. The van der Waals surface area contributed by atoms with Gasteiger partial charge in [0.05, 0.1) is 0 Å². The molecular weight excluding hydrogens is 985 g/mol. The zero-order chi connectivity index (χ0) is 57.8. The van der Waals surface area contributed by atoms with E-state index in [1.54, 1.807) is 0 Å². The summed E-state index contributed by atoms with van der Waals surface area (Å²) in [5, 5.41) is 0. The van der Waals surface area contributed by atoms with Crippen molar-refractivity contribution >= 4 is 17.9 Å². The Morgan fingerprint density at radius 2 is 0.487 bits per heavy atom. The lowest BCUT2D eigenvalue weighted by molar-refractivity contribution is -0.167. The molecular formula is C74H130O6. The first kappa shape index (κ1) is 76.6. The third-order valence-corrected chi connectivity index (χ3v) is 15.1. The van der Waals surface area contributed by atoms with Crippen LogP contribution in [0.15, 0.2) is 85.1 Å². The smallest absolute Gasteiger partial charge is 0.306 e. The van der Waals surface area contributed by atoms with Gasteiger partial charge in [0.1, 0.15) is 13.2 Å². The molecule has 80 heavy (non-hydrogen) atoms. The SMILES string of the molecule is CC/C=C\C/C=C\C/C=C\C/C=C\C/C=C\CCCCCCCCCC(=O)OC(COC(=O)CCCCCCC/C=C\CCCCCCC)COC(=O)CCCCCCCCCCCCCCC/C=C\CCCCCCCCCC. The van der Waals surface area contributed by atoms with Crippen LogP contribution in [0, 0.1) is 0 Å². The molecule has 1 unspecified atom stereocenters. The second-order valence-electron chi connectivity index (χ2n) is 23.1. The zero-order valence-corrected chi connectivity index (χ0v) is 53.1. The number of allylic oxidation sites excluding steroid dienone is 14. The Hall–Kier alpha value is -3.41. The van der Waals surface area contributed by atoms with Crippen LogP contribution < -0.4 is 0 Å². The highest BCUT2D eigenvalue weighted by molar-refractivity contribution is 5.71. The van der Waals surface area contributed by atoms with Crippen LogP contribution in [0.25, 0.3) is 0 Å². The van der Waals surface area contributed by atoms with Gasteiger partial charge in [0, 0.05) is 19.3 Å². The first-order valence-electron chi connectivity index (χ1n) is 34.6. The second kappa shape index (κ2) is 68.1. The Bertz CT molecular complexity index is 1520. The van der Waals surface area contributed by atoms with E-state index in [1.165, 1.54) is 205 Å². The van der Waals surface area contributed by atoms with Crippen LogP contribution >= 0.6 is 0 Å². The minimum absolute atomic E-state index is 0.0818. The van der Waals surface area contributed by atoms with Crippen LogP contribution in [0.1, 0.15) is 348 Å². The van der Waals surface area contributed by atoms with Crippen LogP contribution in [0.2, 0.25) is 0 Å². The van der Waals surface area contributed by atoms with Gasteiger partial charge in [0.25, 0.3) is 0 Å². The maximum absolute atomic E-state index is 12.9. The molecule has 0 aliphatic rings. The number of carbonyl (C=O) groups is 3. The molecule has 0 saturated carbocycles. The summed E-state index contributed by atoms with van der Waals surface area (Å²) in [6, 6.07) is 0. The van der Waals surface area contributed by atoms with Crippen LogP contribution in [-0.4, -0.2) is 37.2 Å². The number of hydrogen-bond donors (Lipinski definition) is 0. The number of carbonyl (C=O) groups excluding carboxylic acids is 3. The minimum Gasteiger partial charge on any atom is -0.462 e. The fourth-order valence-corrected chi connectivity index (χ4v) is 9.93. The number of unbranched alkanes of at least 4 members (excludes halogenated alkanes) is 38. The largest absolute Gasteiger partial charge is 0.462 e. The van der Waals surface area contributed by atoms with Crippen molar-refractivity contribution in [3.05, 3.63) is 85.1 Å². The first-order valence-corrected chi connectivity index (χ1v) is 34.6. The summed E-state index contributed by atoms with van der Waals surface area (Å²) in [6.45, 7) is 6.54. The van der Waals surface area contributed by atoms with Crippen LogP contribution in [0.3, 0.4) is 0 Å². The molecule has 0 radical (unpaired) electrons. The van der Waals surface area contributed by atoms with Gasteiger partial charge in [-0.3, -0.25) is 14.4 Å². The summed E-state index contributed by atoms with van der Waals surface area (Å²) in [6.07, 6.45) is 90.3. The summed E-state index contributed by atoms with van der Waals surface area (Å²) in [4.78, 5) is 38.4. The molecule has 0 aliphatic carbocycles. The highest BCUT2D eigenvalue weighted by Gasteiger charge is 2.19. The lowest BCUT2D eigenvalue weighted by Gasteiger charge is -2.18. The van der Waals surface area contributed by atoms with Gasteiger partial charge in [0.2, 0.25) is 0 Å². The monoisotopic (exact) mass is 1110 g/mol. The molecule has 0 N–H and O–H groups in total. The van der Waals surface area contributed by atoms with Crippen molar-refractivity contribution in [2.75, 3.05) is 13.2 Å². The topological polar surface area (TPSA) is 78.9 Å². The van der Waals surface area contributed by atoms with Gasteiger partial charge in [0.15, 0.2) is 6.10 Å². The van der Waals surface area contributed by atoms with Crippen molar-refractivity contribution in [1.29, 1.82) is 0 Å². The molecule has 462 valence electrons. The molecule has 1 atom stereocenters. The number of ether oxygens (including phenoxy) is 3. The zero-order valence-electron chi connectivity index (χ0n) is 53.1. The summed E-state index contributed by atoms with van der Waals surface area (Å²) < 4.78 is 17.0. The van der Waals surface area contributed by atoms with E-state index in [0.29, 0.717) is 19.3 Å². The maximum Gasteiger partial charge on any atom is 0.306 e. The highest BCUT2D eigenvalue weighted by Crippen LogP contribution is 2.17. The standard InChI is InChI=1S/C74H130O6/c1-4-7-10-13-16-19-22-25-28-30-32-34-36-37-39-40-42-44-46-49-52-55-58-61-64-67-73(76)79-70-71(69-78-72(75)66-63-60-57-54-51-48-27-24-21-18-15-12-9-6-3)80-74(77)68-65-62-59-56-53-50-47-45-43-41-38-35-33-31-29-26-23-20-17-14-11-8-5-2/h8,11,17,20,24,26-27,29-30,32-33,35,41,43,71H,4-7,9-10,12-16,18-19,21-23,25,28,31,34,36-40,42,44-70H2,1-3H3/b11-8-,20-17-,27-24-,29-26-,32-30-,35-33-,43-41-. The predicted octanol–water partition coefficient (Wildman–Crippen LogP) is 23.8. The van der Waals surface area contributed by atoms with Gasteiger partial charge >= 0.3 is 17.9 Å². The van der Waals surface area contributed by atoms with Crippen LogP contribution in [0.5, 0.6) is 0 Å². The van der Waals surface area contributed by atoms with Crippen LogP contribution in [-0.2, 0) is 28.6 Å². The number of rotatable bonds is 63. The van der Waals surface area contributed by atoms with Gasteiger partial charge in [-0.15, -0.1) is 0 Å². The fourth-order valence-electron chi connectivity index (χ4n) is 9.93. The Labute approximate surface area is 496 Å². The van der Waals surface area contributed by atoms with E-state index in [4.69, 9.17) is 14.2 Å². The third-order valence-electron chi connectivity index (χ3n) is 15.1. The van der Waals surface area contributed by atoms with E-state index in [9.17, 15) is 14.4 Å². The molecule has 6 heteroatoms. The third kappa shape index (κ3) is 65.4. The molecule has 0 amide bonds. The summed E-state index contributed by atoms with van der Waals surface area (Å²) >= 11 is 0. The second-order valence-corrected chi connectivity index (χ2v) is 23.1. The van der Waals surface area contributed by atoms with Crippen molar-refractivity contribution in [3.8, 4) is 0 Å². The van der Waals surface area contributed by atoms with E-state index in [0.717, 1.165) is 103 Å². The molecule has 0 aliphatic heterocycles. The van der Waals surface area contributed by atoms with Crippen molar-refractivity contribution in [2.24, 2.45) is 0 Å². The van der Waals surface area contributed by atoms with E-state index >= 15 is 0 Å². The normalized spacial score (nSPS) is 12.6. The molecule has 0 fully saturated rings. The molecule has 0 aromatic rings. The van der Waals surface area contributed by atoms with E-state index in [-0.39, 0.29) is 31.1 Å². The Morgan fingerprint density at radius 1 is 0.263 bits per heavy atom. The van der Waals surface area contributed by atoms with Gasteiger partial charge < -0.3 is 14.2 Å². The number of esters is 3. The average molecular weight is 1120 g/mol. The van der Waals surface area contributed by atoms with Crippen LogP contribution in [0.4, 0.5) is 0 Å². The average Bonchev–Trinajstić information content (AvgIpc) is 3.46. The Kier molecular flexibility index (Phi) is 65.2.